The van der Waals surface area contributed by atoms with Crippen molar-refractivity contribution >= 4 is 0 Å². The van der Waals surface area contributed by atoms with Crippen molar-refractivity contribution in [1.29, 1.82) is 0 Å². The Morgan fingerprint density at radius 2 is 1.75 bits per heavy atom. The van der Waals surface area contributed by atoms with E-state index in [4.69, 9.17) is 0 Å². The van der Waals surface area contributed by atoms with Crippen LogP contribution in [0.4, 0.5) is 0 Å². The van der Waals surface area contributed by atoms with E-state index in [-0.39, 0.29) is 0 Å². The summed E-state index contributed by atoms with van der Waals surface area (Å²) in [4.78, 5) is 5.31. The summed E-state index contributed by atoms with van der Waals surface area (Å²) in [5.41, 5.74) is 0.675. The zero-order chi connectivity index (χ0) is 11.6. The fourth-order valence-electron chi connectivity index (χ4n) is 3.44. The summed E-state index contributed by atoms with van der Waals surface area (Å²) in [6.45, 7) is 13.6. The van der Waals surface area contributed by atoms with Gasteiger partial charge in [0.05, 0.1) is 0 Å². The summed E-state index contributed by atoms with van der Waals surface area (Å²) >= 11 is 0. The first-order valence-electron chi connectivity index (χ1n) is 7.12. The zero-order valence-electron chi connectivity index (χ0n) is 11.3. The fourth-order valence-corrected chi connectivity index (χ4v) is 3.44. The van der Waals surface area contributed by atoms with Gasteiger partial charge in [-0.05, 0) is 71.1 Å². The molecule has 2 aliphatic heterocycles. The molecule has 0 aromatic heterocycles. The minimum atomic E-state index is 0.675. The van der Waals surface area contributed by atoms with Crippen molar-refractivity contribution in [2.24, 2.45) is 5.41 Å². The molecular formula is C14H28N2. The third kappa shape index (κ3) is 2.60. The van der Waals surface area contributed by atoms with E-state index in [1.54, 1.807) is 0 Å². The van der Waals surface area contributed by atoms with Crippen molar-refractivity contribution in [3.05, 3.63) is 0 Å². The lowest BCUT2D eigenvalue weighted by atomic mass is 9.72. The molecule has 2 nitrogen and oxygen atoms in total. The quantitative estimate of drug-likeness (QED) is 0.711. The van der Waals surface area contributed by atoms with Crippen molar-refractivity contribution in [2.45, 2.75) is 52.5 Å². The largest absolute Gasteiger partial charge is 0.304 e. The first-order valence-corrected chi connectivity index (χ1v) is 7.12. The summed E-state index contributed by atoms with van der Waals surface area (Å²) in [5.74, 6) is 0. The van der Waals surface area contributed by atoms with E-state index in [9.17, 15) is 0 Å². The Bertz CT molecular complexity index is 217. The minimum absolute atomic E-state index is 0.675. The Kier molecular flexibility index (Phi) is 3.91. The molecule has 94 valence electrons. The number of nitrogens with zero attached hydrogens (tertiary/aromatic N) is 2. The minimum Gasteiger partial charge on any atom is -0.304 e. The van der Waals surface area contributed by atoms with Crippen LogP contribution in [0, 0.1) is 5.41 Å². The van der Waals surface area contributed by atoms with Gasteiger partial charge in [0.15, 0.2) is 0 Å². The van der Waals surface area contributed by atoms with Gasteiger partial charge >= 0.3 is 0 Å². The van der Waals surface area contributed by atoms with E-state index >= 15 is 0 Å². The molecule has 2 rings (SSSR count). The number of rotatable bonds is 2. The van der Waals surface area contributed by atoms with E-state index in [1.807, 2.05) is 0 Å². The molecule has 0 bridgehead atoms. The fraction of sp³-hybridized carbons (Fsp3) is 1.00. The normalized spacial score (nSPS) is 27.8. The molecule has 0 aromatic rings. The van der Waals surface area contributed by atoms with Gasteiger partial charge in [0, 0.05) is 12.6 Å². The molecule has 0 aromatic carbocycles. The van der Waals surface area contributed by atoms with Gasteiger partial charge < -0.3 is 9.80 Å². The predicted octanol–water partition coefficient (Wildman–Crippen LogP) is 2.59. The molecule has 0 atom stereocenters. The van der Waals surface area contributed by atoms with Crippen LogP contribution >= 0.6 is 0 Å². The molecule has 0 amide bonds. The van der Waals surface area contributed by atoms with Gasteiger partial charge in [0.2, 0.25) is 0 Å². The monoisotopic (exact) mass is 224 g/mol. The lowest BCUT2D eigenvalue weighted by Gasteiger charge is -2.48. The number of likely N-dealkylation sites (tertiary alicyclic amines) is 2. The molecule has 16 heavy (non-hydrogen) atoms. The number of hydrogen-bond acceptors (Lipinski definition) is 2. The van der Waals surface area contributed by atoms with Crippen molar-refractivity contribution in [3.8, 4) is 0 Å². The van der Waals surface area contributed by atoms with Crippen molar-refractivity contribution in [2.75, 3.05) is 32.7 Å². The SMILES string of the molecule is CCN1CCC2(CCCN(C(C)C)C2)CC1. The third-order valence-electron chi connectivity index (χ3n) is 4.79. The molecule has 2 aliphatic rings. The van der Waals surface area contributed by atoms with E-state index in [0.717, 1.165) is 6.04 Å². The first kappa shape index (κ1) is 12.4. The number of hydrogen-bond donors (Lipinski definition) is 0. The van der Waals surface area contributed by atoms with Gasteiger partial charge in [-0.15, -0.1) is 0 Å². The maximum Gasteiger partial charge on any atom is 0.00416 e. The number of piperidine rings is 2. The molecule has 0 N–H and O–H groups in total. The van der Waals surface area contributed by atoms with E-state index < -0.39 is 0 Å². The summed E-state index contributed by atoms with van der Waals surface area (Å²) in [7, 11) is 0. The maximum absolute atomic E-state index is 2.70. The van der Waals surface area contributed by atoms with Crippen LogP contribution in [0.5, 0.6) is 0 Å². The molecule has 0 aliphatic carbocycles. The van der Waals surface area contributed by atoms with Crippen LogP contribution in [0.3, 0.4) is 0 Å². The van der Waals surface area contributed by atoms with E-state index in [0.29, 0.717) is 5.41 Å². The highest BCUT2D eigenvalue weighted by atomic mass is 15.2. The highest BCUT2D eigenvalue weighted by Gasteiger charge is 2.38. The average molecular weight is 224 g/mol. The second-order valence-corrected chi connectivity index (χ2v) is 6.10. The highest BCUT2D eigenvalue weighted by molar-refractivity contribution is 4.92. The van der Waals surface area contributed by atoms with Gasteiger partial charge in [-0.3, -0.25) is 0 Å². The Labute approximate surface area is 101 Å². The predicted molar refractivity (Wildman–Crippen MR) is 69.7 cm³/mol. The second-order valence-electron chi connectivity index (χ2n) is 6.10. The third-order valence-corrected chi connectivity index (χ3v) is 4.79. The molecule has 2 heterocycles. The lowest BCUT2D eigenvalue weighted by Crippen LogP contribution is -2.51. The summed E-state index contributed by atoms with van der Waals surface area (Å²) in [6, 6.07) is 0.737. The van der Waals surface area contributed by atoms with Gasteiger partial charge in [-0.2, -0.15) is 0 Å². The Morgan fingerprint density at radius 1 is 1.06 bits per heavy atom. The summed E-state index contributed by atoms with van der Waals surface area (Å²) in [6.07, 6.45) is 5.77. The Morgan fingerprint density at radius 3 is 2.31 bits per heavy atom. The summed E-state index contributed by atoms with van der Waals surface area (Å²) < 4.78 is 0. The standard InChI is InChI=1S/C14H28N2/c1-4-15-10-7-14(8-11-15)6-5-9-16(12-14)13(2)3/h13H,4-12H2,1-3H3. The molecule has 0 radical (unpaired) electrons. The highest BCUT2D eigenvalue weighted by Crippen LogP contribution is 2.40. The van der Waals surface area contributed by atoms with Gasteiger partial charge in [0.25, 0.3) is 0 Å². The van der Waals surface area contributed by atoms with Crippen LogP contribution in [0.2, 0.25) is 0 Å². The second kappa shape index (κ2) is 5.05. The van der Waals surface area contributed by atoms with Crippen molar-refractivity contribution in [3.63, 3.8) is 0 Å². The van der Waals surface area contributed by atoms with E-state index in [1.165, 1.54) is 58.4 Å². The maximum atomic E-state index is 2.70. The van der Waals surface area contributed by atoms with Crippen LogP contribution < -0.4 is 0 Å². The van der Waals surface area contributed by atoms with Crippen LogP contribution in [-0.2, 0) is 0 Å². The first-order chi connectivity index (χ1) is 7.65. The van der Waals surface area contributed by atoms with Gasteiger partial charge in [-0.25, -0.2) is 0 Å². The van der Waals surface area contributed by atoms with Crippen LogP contribution in [0.25, 0.3) is 0 Å². The van der Waals surface area contributed by atoms with Crippen LogP contribution in [0.15, 0.2) is 0 Å². The van der Waals surface area contributed by atoms with Gasteiger partial charge in [0.1, 0.15) is 0 Å². The Hall–Kier alpha value is -0.0800. The Balaban J connectivity index is 1.93. The molecule has 1 spiro atoms. The smallest absolute Gasteiger partial charge is 0.00416 e. The molecule has 0 unspecified atom stereocenters. The van der Waals surface area contributed by atoms with Crippen molar-refractivity contribution < 1.29 is 0 Å². The van der Waals surface area contributed by atoms with Crippen LogP contribution in [0.1, 0.15) is 46.5 Å². The van der Waals surface area contributed by atoms with Gasteiger partial charge in [-0.1, -0.05) is 6.92 Å². The summed E-state index contributed by atoms with van der Waals surface area (Å²) in [5, 5.41) is 0. The van der Waals surface area contributed by atoms with Crippen LogP contribution in [-0.4, -0.2) is 48.6 Å². The van der Waals surface area contributed by atoms with E-state index in [2.05, 4.69) is 30.6 Å². The average Bonchev–Trinajstić information content (AvgIpc) is 2.30. The zero-order valence-corrected chi connectivity index (χ0v) is 11.3. The molecule has 2 fully saturated rings. The molecular weight excluding hydrogens is 196 g/mol. The molecule has 2 saturated heterocycles. The molecule has 0 saturated carbocycles. The lowest BCUT2D eigenvalue weighted by molar-refractivity contribution is 0.0131. The topological polar surface area (TPSA) is 6.48 Å². The molecule has 2 heteroatoms. The van der Waals surface area contributed by atoms with Crippen molar-refractivity contribution in [1.82, 2.24) is 9.80 Å².